The highest BCUT2D eigenvalue weighted by Gasteiger charge is 1.97. The average molecular weight is 255 g/mol. The van der Waals surface area contributed by atoms with E-state index in [-0.39, 0.29) is 6.61 Å². The summed E-state index contributed by atoms with van der Waals surface area (Å²) >= 11 is 0. The van der Waals surface area contributed by atoms with Crippen LogP contribution in [0.25, 0.3) is 0 Å². The highest BCUT2D eigenvalue weighted by atomic mass is 16.5. The van der Waals surface area contributed by atoms with Gasteiger partial charge in [0.1, 0.15) is 11.8 Å². The van der Waals surface area contributed by atoms with Gasteiger partial charge in [0.2, 0.25) is 0 Å². The standard InChI is InChI=1S/C15H17N3O/c1-2-18-9-7-13(12-18)11-17-14-3-5-15(6-4-14)19-10-8-16/h3-7,9,12,17H,2,10-11H2,1H3. The van der Waals surface area contributed by atoms with Gasteiger partial charge in [0.25, 0.3) is 0 Å². The van der Waals surface area contributed by atoms with Crippen LogP contribution in [0.2, 0.25) is 0 Å². The second-order valence-electron chi connectivity index (χ2n) is 4.17. The number of benzene rings is 1. The SMILES string of the molecule is CCn1ccc(CNc2ccc(OCC#N)cc2)c1. The Bertz CT molecular complexity index is 552. The Morgan fingerprint density at radius 3 is 2.68 bits per heavy atom. The Labute approximate surface area is 113 Å². The van der Waals surface area contributed by atoms with Gasteiger partial charge in [-0.2, -0.15) is 5.26 Å². The first-order chi connectivity index (χ1) is 9.31. The van der Waals surface area contributed by atoms with Crippen LogP contribution in [-0.2, 0) is 13.1 Å². The molecule has 0 unspecified atom stereocenters. The van der Waals surface area contributed by atoms with Crippen LogP contribution in [0, 0.1) is 11.3 Å². The van der Waals surface area contributed by atoms with Gasteiger partial charge in [-0.1, -0.05) is 0 Å². The summed E-state index contributed by atoms with van der Waals surface area (Å²) in [4.78, 5) is 0. The summed E-state index contributed by atoms with van der Waals surface area (Å²) < 4.78 is 7.35. The van der Waals surface area contributed by atoms with E-state index in [1.807, 2.05) is 30.3 Å². The lowest BCUT2D eigenvalue weighted by atomic mass is 10.3. The van der Waals surface area contributed by atoms with Gasteiger partial charge in [0.15, 0.2) is 6.61 Å². The molecule has 0 bridgehead atoms. The molecule has 1 aromatic heterocycles. The van der Waals surface area contributed by atoms with Crippen LogP contribution < -0.4 is 10.1 Å². The summed E-state index contributed by atoms with van der Waals surface area (Å²) in [6.45, 7) is 3.99. The van der Waals surface area contributed by atoms with E-state index in [1.165, 1.54) is 5.56 Å². The molecule has 0 fully saturated rings. The van der Waals surface area contributed by atoms with E-state index in [0.717, 1.165) is 18.8 Å². The number of nitrogens with one attached hydrogen (secondary N) is 1. The maximum absolute atomic E-state index is 8.43. The van der Waals surface area contributed by atoms with Crippen molar-refractivity contribution < 1.29 is 4.74 Å². The summed E-state index contributed by atoms with van der Waals surface area (Å²) in [6.07, 6.45) is 4.22. The van der Waals surface area contributed by atoms with Gasteiger partial charge < -0.3 is 14.6 Å². The summed E-state index contributed by atoms with van der Waals surface area (Å²) in [7, 11) is 0. The number of hydrogen-bond acceptors (Lipinski definition) is 3. The third-order valence-corrected chi connectivity index (χ3v) is 2.83. The predicted octanol–water partition coefficient (Wildman–Crippen LogP) is 3.02. The van der Waals surface area contributed by atoms with E-state index in [2.05, 4.69) is 35.3 Å². The lowest BCUT2D eigenvalue weighted by molar-refractivity contribution is 0.368. The van der Waals surface area contributed by atoms with Crippen molar-refractivity contribution in [3.05, 3.63) is 48.3 Å². The average Bonchev–Trinajstić information content (AvgIpc) is 2.92. The highest BCUT2D eigenvalue weighted by Crippen LogP contribution is 2.16. The minimum Gasteiger partial charge on any atom is -0.479 e. The molecule has 0 aliphatic carbocycles. The van der Waals surface area contributed by atoms with Crippen molar-refractivity contribution in [2.24, 2.45) is 0 Å². The Balaban J connectivity index is 1.87. The quantitative estimate of drug-likeness (QED) is 0.863. The molecule has 1 aromatic carbocycles. The zero-order chi connectivity index (χ0) is 13.5. The smallest absolute Gasteiger partial charge is 0.174 e. The molecule has 0 spiro atoms. The minimum atomic E-state index is 0.0807. The molecule has 98 valence electrons. The van der Waals surface area contributed by atoms with Gasteiger partial charge in [-0.05, 0) is 42.8 Å². The molecule has 1 heterocycles. The molecule has 2 aromatic rings. The van der Waals surface area contributed by atoms with Crippen molar-refractivity contribution in [1.82, 2.24) is 4.57 Å². The van der Waals surface area contributed by atoms with E-state index >= 15 is 0 Å². The Hall–Kier alpha value is -2.41. The molecule has 0 amide bonds. The lowest BCUT2D eigenvalue weighted by Gasteiger charge is -2.06. The second kappa shape index (κ2) is 6.50. The van der Waals surface area contributed by atoms with Crippen LogP contribution in [0.15, 0.2) is 42.7 Å². The van der Waals surface area contributed by atoms with Crippen LogP contribution in [0.3, 0.4) is 0 Å². The molecule has 4 heteroatoms. The third-order valence-electron chi connectivity index (χ3n) is 2.83. The first-order valence-electron chi connectivity index (χ1n) is 6.30. The molecule has 0 aliphatic rings. The maximum Gasteiger partial charge on any atom is 0.174 e. The third kappa shape index (κ3) is 3.78. The van der Waals surface area contributed by atoms with E-state index in [0.29, 0.717) is 5.75 Å². The van der Waals surface area contributed by atoms with Gasteiger partial charge in [-0.3, -0.25) is 0 Å². The number of nitriles is 1. The van der Waals surface area contributed by atoms with Gasteiger partial charge in [-0.25, -0.2) is 0 Å². The number of ether oxygens (including phenoxy) is 1. The number of aryl methyl sites for hydroxylation is 1. The van der Waals surface area contributed by atoms with E-state index in [1.54, 1.807) is 0 Å². The molecule has 0 saturated heterocycles. The van der Waals surface area contributed by atoms with Crippen molar-refractivity contribution in [3.63, 3.8) is 0 Å². The number of rotatable bonds is 6. The zero-order valence-corrected chi connectivity index (χ0v) is 11.0. The first-order valence-corrected chi connectivity index (χ1v) is 6.30. The van der Waals surface area contributed by atoms with Crippen molar-refractivity contribution in [1.29, 1.82) is 5.26 Å². The number of nitrogens with zero attached hydrogens (tertiary/aromatic N) is 2. The van der Waals surface area contributed by atoms with Crippen molar-refractivity contribution in [2.45, 2.75) is 20.0 Å². The second-order valence-corrected chi connectivity index (χ2v) is 4.17. The van der Waals surface area contributed by atoms with Crippen molar-refractivity contribution in [2.75, 3.05) is 11.9 Å². The Kier molecular flexibility index (Phi) is 4.46. The molecular weight excluding hydrogens is 238 g/mol. The molecule has 4 nitrogen and oxygen atoms in total. The fourth-order valence-electron chi connectivity index (χ4n) is 1.78. The summed E-state index contributed by atoms with van der Waals surface area (Å²) in [5, 5.41) is 11.8. The van der Waals surface area contributed by atoms with Crippen LogP contribution in [0.1, 0.15) is 12.5 Å². The molecule has 1 N–H and O–H groups in total. The number of hydrogen-bond donors (Lipinski definition) is 1. The van der Waals surface area contributed by atoms with Gasteiger partial charge in [-0.15, -0.1) is 0 Å². The molecule has 0 saturated carbocycles. The predicted molar refractivity (Wildman–Crippen MR) is 75.0 cm³/mol. The zero-order valence-electron chi connectivity index (χ0n) is 11.0. The van der Waals surface area contributed by atoms with Crippen LogP contribution in [-0.4, -0.2) is 11.2 Å². The van der Waals surface area contributed by atoms with Gasteiger partial charge >= 0.3 is 0 Å². The molecule has 0 aliphatic heterocycles. The topological polar surface area (TPSA) is 50.0 Å². The highest BCUT2D eigenvalue weighted by molar-refractivity contribution is 5.46. The lowest BCUT2D eigenvalue weighted by Crippen LogP contribution is -1.99. The Morgan fingerprint density at radius 1 is 1.26 bits per heavy atom. The number of anilines is 1. The van der Waals surface area contributed by atoms with Crippen molar-refractivity contribution in [3.8, 4) is 11.8 Å². The monoisotopic (exact) mass is 255 g/mol. The van der Waals surface area contributed by atoms with Gasteiger partial charge in [0, 0.05) is 31.2 Å². The van der Waals surface area contributed by atoms with Crippen LogP contribution in [0.4, 0.5) is 5.69 Å². The largest absolute Gasteiger partial charge is 0.479 e. The fourth-order valence-corrected chi connectivity index (χ4v) is 1.78. The van der Waals surface area contributed by atoms with E-state index in [9.17, 15) is 0 Å². The fraction of sp³-hybridized carbons (Fsp3) is 0.267. The molecular formula is C15H17N3O. The van der Waals surface area contributed by atoms with Crippen LogP contribution >= 0.6 is 0 Å². The normalized spacial score (nSPS) is 9.89. The Morgan fingerprint density at radius 2 is 2.05 bits per heavy atom. The molecule has 0 radical (unpaired) electrons. The van der Waals surface area contributed by atoms with Crippen LogP contribution in [0.5, 0.6) is 5.75 Å². The van der Waals surface area contributed by atoms with Crippen molar-refractivity contribution >= 4 is 5.69 Å². The summed E-state index contributed by atoms with van der Waals surface area (Å²) in [5.41, 5.74) is 2.29. The van der Waals surface area contributed by atoms with E-state index < -0.39 is 0 Å². The van der Waals surface area contributed by atoms with Gasteiger partial charge in [0.05, 0.1) is 0 Å². The maximum atomic E-state index is 8.43. The van der Waals surface area contributed by atoms with E-state index in [4.69, 9.17) is 10.00 Å². The molecule has 2 rings (SSSR count). The number of aromatic nitrogens is 1. The molecule has 19 heavy (non-hydrogen) atoms. The molecule has 0 atom stereocenters. The first kappa shape index (κ1) is 13.0. The minimum absolute atomic E-state index is 0.0807. The summed E-state index contributed by atoms with van der Waals surface area (Å²) in [6, 6.07) is 11.7. The summed E-state index contributed by atoms with van der Waals surface area (Å²) in [5.74, 6) is 0.712.